The van der Waals surface area contributed by atoms with Gasteiger partial charge in [-0.05, 0) is 12.8 Å². The highest BCUT2D eigenvalue weighted by Gasteiger charge is 2.28. The second-order valence-corrected chi connectivity index (χ2v) is 5.86. The van der Waals surface area contributed by atoms with Crippen LogP contribution in [-0.4, -0.2) is 55.5 Å². The van der Waals surface area contributed by atoms with E-state index in [1.165, 1.54) is 6.33 Å². The molecule has 0 aromatic carbocycles. The minimum atomic E-state index is -0.426. The van der Waals surface area contributed by atoms with Gasteiger partial charge in [0.2, 0.25) is 11.9 Å². The van der Waals surface area contributed by atoms with Crippen LogP contribution in [0.4, 0.5) is 5.95 Å². The smallest absolute Gasteiger partial charge is 0.280 e. The van der Waals surface area contributed by atoms with Crippen LogP contribution < -0.4 is 10.9 Å². The number of anilines is 1. The zero-order valence-corrected chi connectivity index (χ0v) is 14.4. The normalized spacial score (nSPS) is 19.8. The molecule has 0 bridgehead atoms. The summed E-state index contributed by atoms with van der Waals surface area (Å²) in [6.07, 6.45) is 2.35. The number of nitrogens with one attached hydrogen (secondary N) is 2. The second kappa shape index (κ2) is 8.19. The molecule has 25 heavy (non-hydrogen) atoms. The average Bonchev–Trinajstić information content (AvgIpc) is 3.23. The Hall–Kier alpha value is -2.30. The highest BCUT2D eigenvalue weighted by atomic mass is 16.5. The molecule has 4 N–H and O–H groups in total. The average molecular weight is 353 g/mol. The Morgan fingerprint density at radius 3 is 2.80 bits per heavy atom. The van der Waals surface area contributed by atoms with E-state index in [0.717, 1.165) is 13.5 Å². The van der Waals surface area contributed by atoms with Gasteiger partial charge in [0.15, 0.2) is 11.2 Å². The van der Waals surface area contributed by atoms with Gasteiger partial charge in [0.05, 0.1) is 19.0 Å². The number of hydrogen-bond acceptors (Lipinski definition) is 7. The van der Waals surface area contributed by atoms with Crippen LogP contribution in [0.1, 0.15) is 32.9 Å². The number of hydrogen-bond donors (Lipinski definition) is 4. The molecule has 2 aromatic heterocycles. The standard InChI is InChI=1S/C14H19N5O4.CH4O/c1-7(2)12(21)17-14-16-11-10(13(22)18-14)15-6-19(11)9-4-3-8(5-20)23-9;1-2/h6-9,20H,3-5H2,1-2H3,(H2,16,17,18,21,22);2H,1H3/t8-,9+;/m0./s1. The number of amides is 1. The van der Waals surface area contributed by atoms with E-state index in [9.17, 15) is 9.59 Å². The van der Waals surface area contributed by atoms with E-state index in [4.69, 9.17) is 14.9 Å². The van der Waals surface area contributed by atoms with E-state index >= 15 is 0 Å². The van der Waals surface area contributed by atoms with Crippen molar-refractivity contribution in [1.82, 2.24) is 19.5 Å². The van der Waals surface area contributed by atoms with Crippen molar-refractivity contribution in [3.8, 4) is 0 Å². The molecule has 2 atom stereocenters. The third-order valence-corrected chi connectivity index (χ3v) is 3.80. The largest absolute Gasteiger partial charge is 0.400 e. The topological polar surface area (TPSA) is 142 Å². The van der Waals surface area contributed by atoms with Crippen LogP contribution in [-0.2, 0) is 9.53 Å². The van der Waals surface area contributed by atoms with Crippen molar-refractivity contribution in [3.05, 3.63) is 16.7 Å². The molecule has 0 aliphatic carbocycles. The van der Waals surface area contributed by atoms with Crippen molar-refractivity contribution >= 4 is 23.0 Å². The Morgan fingerprint density at radius 1 is 1.48 bits per heavy atom. The number of aromatic nitrogens is 4. The fraction of sp³-hybridized carbons (Fsp3) is 0.600. The van der Waals surface area contributed by atoms with Crippen LogP contribution in [0.2, 0.25) is 0 Å². The SMILES string of the molecule is CC(C)C(=O)Nc1nc2c(ncn2[C@H]2CC[C@@H](CO)O2)c(=O)[nH]1.CO. The maximum atomic E-state index is 12.1. The predicted octanol–water partition coefficient (Wildman–Crippen LogP) is -0.00750. The van der Waals surface area contributed by atoms with Crippen molar-refractivity contribution in [1.29, 1.82) is 0 Å². The van der Waals surface area contributed by atoms with Gasteiger partial charge >= 0.3 is 0 Å². The maximum absolute atomic E-state index is 12.1. The Bertz CT molecular complexity index is 784. The summed E-state index contributed by atoms with van der Waals surface area (Å²) in [4.78, 5) is 34.7. The number of ether oxygens (including phenoxy) is 1. The van der Waals surface area contributed by atoms with Gasteiger partial charge in [-0.15, -0.1) is 0 Å². The number of carbonyl (C=O) groups excluding carboxylic acids is 1. The monoisotopic (exact) mass is 353 g/mol. The minimum absolute atomic E-state index is 0.0488. The summed E-state index contributed by atoms with van der Waals surface area (Å²) in [6, 6.07) is 0. The predicted molar refractivity (Wildman–Crippen MR) is 90.0 cm³/mol. The van der Waals surface area contributed by atoms with E-state index in [1.54, 1.807) is 18.4 Å². The van der Waals surface area contributed by atoms with Crippen molar-refractivity contribution in [3.63, 3.8) is 0 Å². The van der Waals surface area contributed by atoms with Gasteiger partial charge in [0, 0.05) is 13.0 Å². The number of fused-ring (bicyclic) bond motifs is 1. The first-order valence-corrected chi connectivity index (χ1v) is 7.98. The molecule has 0 spiro atoms. The summed E-state index contributed by atoms with van der Waals surface area (Å²) >= 11 is 0. The molecule has 1 aliphatic heterocycles. The summed E-state index contributed by atoms with van der Waals surface area (Å²) in [7, 11) is 1.00. The molecule has 1 saturated heterocycles. The van der Waals surface area contributed by atoms with Crippen molar-refractivity contribution in [2.24, 2.45) is 5.92 Å². The van der Waals surface area contributed by atoms with Crippen LogP contribution in [0.5, 0.6) is 0 Å². The number of carbonyl (C=O) groups is 1. The van der Waals surface area contributed by atoms with Crippen LogP contribution in [0.15, 0.2) is 11.1 Å². The lowest BCUT2D eigenvalue weighted by atomic mass is 10.2. The Morgan fingerprint density at radius 2 is 2.20 bits per heavy atom. The summed E-state index contributed by atoms with van der Waals surface area (Å²) in [5.74, 6) is -0.389. The van der Waals surface area contributed by atoms with Crippen LogP contribution in [0, 0.1) is 5.92 Å². The molecule has 0 saturated carbocycles. The number of aromatic amines is 1. The van der Waals surface area contributed by atoms with E-state index in [2.05, 4.69) is 20.3 Å². The number of nitrogens with zero attached hydrogens (tertiary/aromatic N) is 3. The highest BCUT2D eigenvalue weighted by Crippen LogP contribution is 2.29. The maximum Gasteiger partial charge on any atom is 0.280 e. The van der Waals surface area contributed by atoms with Gasteiger partial charge in [-0.1, -0.05) is 13.8 Å². The number of H-pyrrole nitrogens is 1. The van der Waals surface area contributed by atoms with Crippen molar-refractivity contribution in [2.75, 3.05) is 19.0 Å². The second-order valence-electron chi connectivity index (χ2n) is 5.86. The lowest BCUT2D eigenvalue weighted by molar-refractivity contribution is -0.118. The van der Waals surface area contributed by atoms with Crippen molar-refractivity contribution in [2.45, 2.75) is 39.0 Å². The van der Waals surface area contributed by atoms with Gasteiger partial charge in [0.1, 0.15) is 6.23 Å². The minimum Gasteiger partial charge on any atom is -0.400 e. The molecule has 1 fully saturated rings. The summed E-state index contributed by atoms with van der Waals surface area (Å²) < 4.78 is 7.35. The van der Waals surface area contributed by atoms with Gasteiger partial charge in [-0.25, -0.2) is 4.98 Å². The molecule has 1 aliphatic rings. The van der Waals surface area contributed by atoms with Gasteiger partial charge in [-0.2, -0.15) is 4.98 Å². The third kappa shape index (κ3) is 4.03. The van der Waals surface area contributed by atoms with Crippen LogP contribution in [0.25, 0.3) is 11.2 Å². The first-order valence-electron chi connectivity index (χ1n) is 7.98. The molecule has 0 radical (unpaired) electrons. The Labute approximate surface area is 143 Å². The van der Waals surface area contributed by atoms with E-state index in [-0.39, 0.29) is 42.2 Å². The molecular formula is C15H23N5O5. The van der Waals surface area contributed by atoms with E-state index < -0.39 is 5.56 Å². The lowest BCUT2D eigenvalue weighted by Crippen LogP contribution is -2.22. The molecule has 3 rings (SSSR count). The Kier molecular flexibility index (Phi) is 6.23. The number of rotatable bonds is 4. The summed E-state index contributed by atoms with van der Waals surface area (Å²) in [6.45, 7) is 3.45. The summed E-state index contributed by atoms with van der Waals surface area (Å²) in [5, 5.41) is 18.7. The lowest BCUT2D eigenvalue weighted by Gasteiger charge is -2.14. The number of imidazole rings is 1. The van der Waals surface area contributed by atoms with Gasteiger partial charge in [0.25, 0.3) is 5.56 Å². The van der Waals surface area contributed by atoms with Crippen molar-refractivity contribution < 1.29 is 19.7 Å². The Balaban J connectivity index is 0.00000109. The van der Waals surface area contributed by atoms with E-state index in [1.807, 2.05) is 0 Å². The highest BCUT2D eigenvalue weighted by molar-refractivity contribution is 5.91. The molecule has 2 aromatic rings. The molecule has 10 heteroatoms. The first kappa shape index (κ1) is 19.0. The quantitative estimate of drug-likeness (QED) is 0.605. The number of aliphatic hydroxyl groups excluding tert-OH is 2. The van der Waals surface area contributed by atoms with Crippen LogP contribution >= 0.6 is 0 Å². The summed E-state index contributed by atoms with van der Waals surface area (Å²) in [5.41, 5.74) is 0.101. The van der Waals surface area contributed by atoms with Crippen LogP contribution in [0.3, 0.4) is 0 Å². The third-order valence-electron chi connectivity index (χ3n) is 3.80. The fourth-order valence-electron chi connectivity index (χ4n) is 2.48. The zero-order chi connectivity index (χ0) is 18.6. The number of aliphatic hydroxyl groups is 2. The van der Waals surface area contributed by atoms with Gasteiger partial charge < -0.3 is 14.9 Å². The first-order chi connectivity index (χ1) is 12.0. The molecule has 138 valence electrons. The molecule has 3 heterocycles. The molecule has 1 amide bonds. The van der Waals surface area contributed by atoms with E-state index in [0.29, 0.717) is 12.1 Å². The zero-order valence-electron chi connectivity index (χ0n) is 14.4. The molecular weight excluding hydrogens is 330 g/mol. The fourth-order valence-corrected chi connectivity index (χ4v) is 2.48. The van der Waals surface area contributed by atoms with Gasteiger partial charge in [-0.3, -0.25) is 24.5 Å². The molecule has 0 unspecified atom stereocenters. The molecule has 10 nitrogen and oxygen atoms in total.